The first kappa shape index (κ1) is 16.5. The Balaban J connectivity index is 1.70. The van der Waals surface area contributed by atoms with Gasteiger partial charge in [-0.3, -0.25) is 4.90 Å². The van der Waals surface area contributed by atoms with Crippen molar-refractivity contribution in [1.29, 1.82) is 0 Å². The Morgan fingerprint density at radius 3 is 2.40 bits per heavy atom. The van der Waals surface area contributed by atoms with E-state index in [1.165, 1.54) is 12.8 Å². The van der Waals surface area contributed by atoms with Crippen LogP contribution in [-0.4, -0.2) is 68.3 Å². The third kappa shape index (κ3) is 3.39. The van der Waals surface area contributed by atoms with Crippen LogP contribution in [-0.2, 0) is 0 Å². The minimum Gasteiger partial charge on any atom is -0.508 e. The van der Waals surface area contributed by atoms with E-state index in [4.69, 9.17) is 0 Å². The molecule has 2 aromatic rings. The normalized spacial score (nSPS) is 21.6. The van der Waals surface area contributed by atoms with E-state index in [2.05, 4.69) is 37.1 Å². The van der Waals surface area contributed by atoms with Crippen LogP contribution >= 0.6 is 0 Å². The fourth-order valence-corrected chi connectivity index (χ4v) is 4.05. The van der Waals surface area contributed by atoms with E-state index >= 15 is 0 Å². The minimum atomic E-state index is 0.0323. The number of tetrazole rings is 1. The topological polar surface area (TPSA) is 70.3 Å². The summed E-state index contributed by atoms with van der Waals surface area (Å²) in [5.74, 6) is 1.22. The first-order valence-corrected chi connectivity index (χ1v) is 9.21. The summed E-state index contributed by atoms with van der Waals surface area (Å²) in [4.78, 5) is 4.81. The third-order valence-corrected chi connectivity index (χ3v) is 5.55. The van der Waals surface area contributed by atoms with Gasteiger partial charge < -0.3 is 10.0 Å². The number of phenols is 1. The summed E-state index contributed by atoms with van der Waals surface area (Å²) in [6.07, 6.45) is 4.82. The molecule has 1 aliphatic heterocycles. The number of phenolic OH excluding ortho intramolecular Hbond substituents is 1. The van der Waals surface area contributed by atoms with E-state index in [-0.39, 0.29) is 11.8 Å². The van der Waals surface area contributed by atoms with Gasteiger partial charge in [0.2, 0.25) is 0 Å². The molecule has 1 aromatic carbocycles. The van der Waals surface area contributed by atoms with Gasteiger partial charge in [-0.1, -0.05) is 25.0 Å². The number of hydrogen-bond acceptors (Lipinski definition) is 6. The summed E-state index contributed by atoms with van der Waals surface area (Å²) in [5.41, 5.74) is 1.14. The van der Waals surface area contributed by atoms with Crippen LogP contribution < -0.4 is 0 Å². The van der Waals surface area contributed by atoms with Crippen LogP contribution in [0.25, 0.3) is 0 Å². The molecule has 1 saturated heterocycles. The molecule has 1 saturated carbocycles. The summed E-state index contributed by atoms with van der Waals surface area (Å²) in [6.45, 7) is 4.05. The van der Waals surface area contributed by atoms with Gasteiger partial charge in [-0.25, -0.2) is 4.68 Å². The maximum Gasteiger partial charge on any atom is 0.173 e. The molecule has 1 aromatic heterocycles. The van der Waals surface area contributed by atoms with Gasteiger partial charge in [0.1, 0.15) is 5.75 Å². The van der Waals surface area contributed by atoms with E-state index < -0.39 is 0 Å². The van der Waals surface area contributed by atoms with Gasteiger partial charge in [0.25, 0.3) is 0 Å². The second-order valence-corrected chi connectivity index (χ2v) is 7.25. The fraction of sp³-hybridized carbons (Fsp3) is 0.611. The molecule has 1 aliphatic carbocycles. The number of aromatic hydroxyl groups is 1. The average Bonchev–Trinajstić information content (AvgIpc) is 3.30. The van der Waals surface area contributed by atoms with Gasteiger partial charge in [-0.05, 0) is 48.0 Å². The number of rotatable bonds is 4. The maximum absolute atomic E-state index is 9.68. The van der Waals surface area contributed by atoms with Crippen molar-refractivity contribution in [3.05, 3.63) is 35.7 Å². The largest absolute Gasteiger partial charge is 0.508 e. The molecular weight excluding hydrogens is 316 g/mol. The maximum atomic E-state index is 9.68. The summed E-state index contributed by atoms with van der Waals surface area (Å²) in [6, 6.07) is 7.93. The van der Waals surface area contributed by atoms with Crippen molar-refractivity contribution >= 4 is 0 Å². The molecule has 0 spiro atoms. The lowest BCUT2D eigenvalue weighted by molar-refractivity contribution is 0.120. The van der Waals surface area contributed by atoms with Crippen LogP contribution in [0.15, 0.2) is 24.3 Å². The molecule has 0 amide bonds. The Morgan fingerprint density at radius 2 is 1.72 bits per heavy atom. The third-order valence-electron chi connectivity index (χ3n) is 5.55. The molecule has 2 aliphatic rings. The van der Waals surface area contributed by atoms with Crippen LogP contribution in [0.2, 0.25) is 0 Å². The van der Waals surface area contributed by atoms with Crippen molar-refractivity contribution in [3.63, 3.8) is 0 Å². The van der Waals surface area contributed by atoms with Crippen molar-refractivity contribution < 1.29 is 5.11 Å². The van der Waals surface area contributed by atoms with Crippen LogP contribution in [0.5, 0.6) is 5.75 Å². The summed E-state index contributed by atoms with van der Waals surface area (Å²) < 4.78 is 2.06. The molecule has 134 valence electrons. The number of piperazine rings is 1. The zero-order valence-electron chi connectivity index (χ0n) is 14.8. The summed E-state index contributed by atoms with van der Waals surface area (Å²) in [7, 11) is 2.16. The second kappa shape index (κ2) is 7.09. The summed E-state index contributed by atoms with van der Waals surface area (Å²) >= 11 is 0. The lowest BCUT2D eigenvalue weighted by atomic mass is 10.0. The molecule has 0 radical (unpaired) electrons. The summed E-state index contributed by atoms with van der Waals surface area (Å²) in [5, 5.41) is 22.5. The van der Waals surface area contributed by atoms with Crippen LogP contribution in [0, 0.1) is 0 Å². The zero-order valence-corrected chi connectivity index (χ0v) is 14.8. The Hall–Kier alpha value is -1.99. The highest BCUT2D eigenvalue weighted by Crippen LogP contribution is 2.34. The van der Waals surface area contributed by atoms with Gasteiger partial charge >= 0.3 is 0 Å². The predicted molar refractivity (Wildman–Crippen MR) is 94.3 cm³/mol. The average molecular weight is 342 g/mol. The first-order valence-electron chi connectivity index (χ1n) is 9.21. The van der Waals surface area contributed by atoms with E-state index in [9.17, 15) is 5.11 Å². The van der Waals surface area contributed by atoms with Crippen molar-refractivity contribution in [2.45, 2.75) is 37.8 Å². The van der Waals surface area contributed by atoms with Gasteiger partial charge in [0.05, 0.1) is 12.1 Å². The van der Waals surface area contributed by atoms with E-state index in [0.29, 0.717) is 6.04 Å². The van der Waals surface area contributed by atoms with Gasteiger partial charge in [0.15, 0.2) is 5.82 Å². The lowest BCUT2D eigenvalue weighted by Gasteiger charge is -2.37. The Bertz CT molecular complexity index is 686. The molecule has 1 N–H and O–H groups in total. The Labute approximate surface area is 148 Å². The monoisotopic (exact) mass is 342 g/mol. The molecule has 7 heteroatoms. The number of aromatic nitrogens is 4. The smallest absolute Gasteiger partial charge is 0.173 e. The first-order chi connectivity index (χ1) is 12.2. The zero-order chi connectivity index (χ0) is 17.2. The van der Waals surface area contributed by atoms with Crippen LogP contribution in [0.1, 0.15) is 49.2 Å². The Kier molecular flexibility index (Phi) is 4.67. The Morgan fingerprint density at radius 1 is 1.04 bits per heavy atom. The number of benzene rings is 1. The molecule has 4 rings (SSSR count). The highest BCUT2D eigenvalue weighted by atomic mass is 16.3. The highest BCUT2D eigenvalue weighted by molar-refractivity contribution is 5.31. The minimum absolute atomic E-state index is 0.0323. The lowest BCUT2D eigenvalue weighted by Crippen LogP contribution is -2.46. The fourth-order valence-electron chi connectivity index (χ4n) is 4.05. The standard InChI is InChI=1S/C18H26N6O/c1-22-10-12-23(13-11-22)17(14-6-8-16(25)9-7-14)18-19-20-21-24(18)15-4-2-3-5-15/h6-9,15,17,25H,2-5,10-13H2,1H3. The van der Waals surface area contributed by atoms with Gasteiger partial charge in [0, 0.05) is 26.2 Å². The van der Waals surface area contributed by atoms with Gasteiger partial charge in [-0.15, -0.1) is 5.10 Å². The van der Waals surface area contributed by atoms with Crippen LogP contribution in [0.4, 0.5) is 0 Å². The van der Waals surface area contributed by atoms with Gasteiger partial charge in [-0.2, -0.15) is 0 Å². The van der Waals surface area contributed by atoms with E-state index in [1.54, 1.807) is 12.1 Å². The molecule has 2 fully saturated rings. The molecule has 0 bridgehead atoms. The van der Waals surface area contributed by atoms with Crippen molar-refractivity contribution in [1.82, 2.24) is 30.0 Å². The van der Waals surface area contributed by atoms with Crippen molar-refractivity contribution in [3.8, 4) is 5.75 Å². The molecule has 7 nitrogen and oxygen atoms in total. The van der Waals surface area contributed by atoms with E-state index in [0.717, 1.165) is 50.4 Å². The number of nitrogens with zero attached hydrogens (tertiary/aromatic N) is 6. The molecule has 25 heavy (non-hydrogen) atoms. The van der Waals surface area contributed by atoms with Crippen molar-refractivity contribution in [2.75, 3.05) is 33.2 Å². The molecular formula is C18H26N6O. The molecule has 1 unspecified atom stereocenters. The molecule has 1 atom stereocenters. The van der Waals surface area contributed by atoms with Crippen molar-refractivity contribution in [2.24, 2.45) is 0 Å². The second-order valence-electron chi connectivity index (χ2n) is 7.25. The quantitative estimate of drug-likeness (QED) is 0.914. The van der Waals surface area contributed by atoms with E-state index in [1.807, 2.05) is 12.1 Å². The SMILES string of the molecule is CN1CCN(C(c2ccc(O)cc2)c2nnnn2C2CCCC2)CC1. The molecule has 2 heterocycles. The highest BCUT2D eigenvalue weighted by Gasteiger charge is 2.32. The van der Waals surface area contributed by atoms with Crippen LogP contribution in [0.3, 0.4) is 0 Å². The number of likely N-dealkylation sites (N-methyl/N-ethyl adjacent to an activating group) is 1. The number of hydrogen-bond donors (Lipinski definition) is 1. The predicted octanol–water partition coefficient (Wildman–Crippen LogP) is 1.83.